The Balaban J connectivity index is 1.42. The van der Waals surface area contributed by atoms with Gasteiger partial charge in [-0.3, -0.25) is 9.52 Å². The fraction of sp³-hybridized carbons (Fsp3) is 0.261. The van der Waals surface area contributed by atoms with E-state index >= 15 is 0 Å². The maximum atomic E-state index is 13.2. The zero-order valence-corrected chi connectivity index (χ0v) is 22.6. The molecular weight excluding hydrogens is 600 g/mol. The van der Waals surface area contributed by atoms with Crippen LogP contribution in [0.1, 0.15) is 13.3 Å². The molecule has 3 aromatic rings. The van der Waals surface area contributed by atoms with Crippen LogP contribution in [0.4, 0.5) is 5.82 Å². The Morgan fingerprint density at radius 2 is 1.87 bits per heavy atom. The van der Waals surface area contributed by atoms with Gasteiger partial charge < -0.3 is 18.9 Å². The molecule has 1 aliphatic heterocycles. The lowest BCUT2D eigenvalue weighted by molar-refractivity contribution is -0.121. The summed E-state index contributed by atoms with van der Waals surface area (Å²) < 4.78 is 51.7. The Morgan fingerprint density at radius 3 is 2.62 bits per heavy atom. The number of carbonyl (C=O) groups excluding carboxylic acids is 1. The lowest BCUT2D eigenvalue weighted by atomic mass is 9.85. The average Bonchev–Trinajstić information content (AvgIpc) is 3.39. The van der Waals surface area contributed by atoms with Crippen molar-refractivity contribution in [2.24, 2.45) is 11.1 Å². The fourth-order valence-electron chi connectivity index (χ4n) is 3.92. The van der Waals surface area contributed by atoms with Gasteiger partial charge in [0.05, 0.1) is 20.9 Å². The minimum absolute atomic E-state index is 0.0208. The topological polar surface area (TPSA) is 181 Å². The van der Waals surface area contributed by atoms with Crippen molar-refractivity contribution in [3.63, 3.8) is 0 Å². The van der Waals surface area contributed by atoms with Crippen LogP contribution in [0.2, 0.25) is 0 Å². The van der Waals surface area contributed by atoms with Gasteiger partial charge in [-0.25, -0.2) is 28.4 Å². The molecule has 0 radical (unpaired) electrons. The van der Waals surface area contributed by atoms with Crippen LogP contribution in [0, 0.1) is 10.8 Å². The number of hydrogen-bond acceptors (Lipinski definition) is 12. The number of amides is 1. The summed E-state index contributed by atoms with van der Waals surface area (Å²) in [6, 6.07) is 5.15. The summed E-state index contributed by atoms with van der Waals surface area (Å²) in [5.41, 5.74) is 0.968. The van der Waals surface area contributed by atoms with Crippen molar-refractivity contribution in [1.82, 2.24) is 19.9 Å². The van der Waals surface area contributed by atoms with Gasteiger partial charge in [0.2, 0.25) is 12.7 Å². The first kappa shape index (κ1) is 26.4. The first-order valence-electron chi connectivity index (χ1n) is 11.3. The molecule has 0 saturated carbocycles. The number of rotatable bonds is 10. The first-order valence-corrected chi connectivity index (χ1v) is 13.6. The number of nitrogens with zero attached hydrogens (tertiary/aromatic N) is 5. The van der Waals surface area contributed by atoms with Gasteiger partial charge >= 0.3 is 6.01 Å². The van der Waals surface area contributed by atoms with E-state index in [0.717, 1.165) is 6.33 Å². The lowest BCUT2D eigenvalue weighted by Gasteiger charge is -2.28. The molecule has 2 aromatic heterocycles. The summed E-state index contributed by atoms with van der Waals surface area (Å²) >= 11 is 3.25. The number of nitroso groups, excluding NO2 is 1. The molecule has 14 nitrogen and oxygen atoms in total. The zero-order chi connectivity index (χ0) is 27.6. The SMILES string of the molecule is CC1=C(S(=O)(=O)Nc2ncnc(OCCOc3ncc(Br)cn3)c2-c2ccc3c(c2)OCO3)CC1C(=O)N=O. The minimum Gasteiger partial charge on any atom is -0.473 e. The molecule has 5 rings (SSSR count). The minimum atomic E-state index is -4.14. The van der Waals surface area contributed by atoms with Crippen molar-refractivity contribution in [2.45, 2.75) is 13.3 Å². The summed E-state index contributed by atoms with van der Waals surface area (Å²) in [4.78, 5) is 38.6. The molecule has 1 amide bonds. The van der Waals surface area contributed by atoms with Crippen molar-refractivity contribution in [3.8, 4) is 34.5 Å². The van der Waals surface area contributed by atoms with Crippen LogP contribution in [0.3, 0.4) is 0 Å². The Labute approximate surface area is 229 Å². The average molecular weight is 619 g/mol. The van der Waals surface area contributed by atoms with Gasteiger partial charge in [-0.1, -0.05) is 6.07 Å². The largest absolute Gasteiger partial charge is 0.473 e. The molecule has 0 bridgehead atoms. The first-order chi connectivity index (χ1) is 18.8. The number of halogens is 1. The van der Waals surface area contributed by atoms with Crippen molar-refractivity contribution in [3.05, 3.63) is 56.8 Å². The Morgan fingerprint density at radius 1 is 1.13 bits per heavy atom. The van der Waals surface area contributed by atoms with E-state index in [-0.39, 0.29) is 60.2 Å². The predicted octanol–water partition coefficient (Wildman–Crippen LogP) is 3.21. The summed E-state index contributed by atoms with van der Waals surface area (Å²) in [5.74, 6) is -0.800. The number of carbonyl (C=O) groups is 1. The van der Waals surface area contributed by atoms with E-state index in [2.05, 4.69) is 45.8 Å². The Bertz CT molecular complexity index is 1580. The third-order valence-corrected chi connectivity index (χ3v) is 7.93. The fourth-order valence-corrected chi connectivity index (χ4v) is 5.61. The summed E-state index contributed by atoms with van der Waals surface area (Å²) in [6.07, 6.45) is 4.08. The summed E-state index contributed by atoms with van der Waals surface area (Å²) in [6.45, 7) is 1.60. The predicted molar refractivity (Wildman–Crippen MR) is 138 cm³/mol. The number of anilines is 1. The van der Waals surface area contributed by atoms with Crippen molar-refractivity contribution < 1.29 is 32.2 Å². The smallest absolute Gasteiger partial charge is 0.316 e. The molecule has 0 fully saturated rings. The molecule has 1 unspecified atom stereocenters. The van der Waals surface area contributed by atoms with Crippen molar-refractivity contribution >= 4 is 37.7 Å². The van der Waals surface area contributed by atoms with Crippen LogP contribution >= 0.6 is 15.9 Å². The van der Waals surface area contributed by atoms with Gasteiger partial charge in [0.15, 0.2) is 17.3 Å². The second-order valence-electron chi connectivity index (χ2n) is 8.25. The molecule has 1 aromatic carbocycles. The number of ether oxygens (including phenoxy) is 4. The molecule has 1 N–H and O–H groups in total. The van der Waals surface area contributed by atoms with Crippen LogP contribution in [0.25, 0.3) is 11.1 Å². The molecule has 0 saturated heterocycles. The van der Waals surface area contributed by atoms with Crippen molar-refractivity contribution in [2.75, 3.05) is 24.7 Å². The zero-order valence-electron chi connectivity index (χ0n) is 20.2. The van der Waals surface area contributed by atoms with Crippen molar-refractivity contribution in [1.29, 1.82) is 0 Å². The van der Waals surface area contributed by atoms with Gasteiger partial charge in [-0.05, 0) is 46.1 Å². The van der Waals surface area contributed by atoms with E-state index in [4.69, 9.17) is 18.9 Å². The number of benzene rings is 1. The highest BCUT2D eigenvalue weighted by Gasteiger charge is 2.40. The molecule has 202 valence electrons. The van der Waals surface area contributed by atoms with E-state index in [1.54, 1.807) is 18.2 Å². The normalized spacial score (nSPS) is 15.9. The second kappa shape index (κ2) is 10.9. The molecule has 3 heterocycles. The van der Waals surface area contributed by atoms with Crippen LogP contribution in [0.5, 0.6) is 23.4 Å². The van der Waals surface area contributed by atoms with Crippen LogP contribution in [0.15, 0.2) is 57.0 Å². The third kappa shape index (κ3) is 5.51. The quantitative estimate of drug-likeness (QED) is 0.259. The number of hydrogen-bond donors (Lipinski definition) is 1. The highest BCUT2D eigenvalue weighted by molar-refractivity contribution is 9.10. The third-order valence-electron chi connectivity index (χ3n) is 5.92. The number of aromatic nitrogens is 4. The highest BCUT2D eigenvalue weighted by Crippen LogP contribution is 2.43. The highest BCUT2D eigenvalue weighted by atomic mass is 79.9. The standard InChI is InChI=1S/C23H19BrN6O8S/c1-12-15(21(31)29-32)7-18(12)39(33,34)30-20-19(13-2-3-16-17(6-13)38-11-37-16)22(28-10-27-20)35-4-5-36-23-25-8-14(24)9-26-23/h2-3,6,8-10,15H,4-5,7,11H2,1H3,(H,27,28,30). The van der Waals surface area contributed by atoms with Crippen LogP contribution in [-0.4, -0.2) is 54.3 Å². The molecule has 1 atom stereocenters. The maximum Gasteiger partial charge on any atom is 0.316 e. The molecule has 0 spiro atoms. The van der Waals surface area contributed by atoms with E-state index in [9.17, 15) is 18.1 Å². The Kier molecular flexibility index (Phi) is 7.38. The summed E-state index contributed by atoms with van der Waals surface area (Å²) in [5, 5.41) is 2.40. The van der Waals surface area contributed by atoms with Gasteiger partial charge in [-0.15, -0.1) is 4.91 Å². The molecule has 1 aliphatic carbocycles. The second-order valence-corrected chi connectivity index (χ2v) is 10.9. The Hall–Kier alpha value is -4.18. The summed E-state index contributed by atoms with van der Waals surface area (Å²) in [7, 11) is -4.14. The van der Waals surface area contributed by atoms with Gasteiger partial charge in [0.25, 0.3) is 15.9 Å². The number of nitrogens with one attached hydrogen (secondary N) is 1. The van der Waals surface area contributed by atoms with Gasteiger partial charge in [-0.2, -0.15) is 0 Å². The molecular formula is C23H19BrN6O8S. The van der Waals surface area contributed by atoms with E-state index in [1.807, 2.05) is 0 Å². The van der Waals surface area contributed by atoms with Gasteiger partial charge in [0.1, 0.15) is 19.5 Å². The monoisotopic (exact) mass is 618 g/mol. The van der Waals surface area contributed by atoms with E-state index in [1.165, 1.54) is 19.3 Å². The maximum absolute atomic E-state index is 13.2. The molecule has 16 heteroatoms. The number of allylic oxidation sites excluding steroid dienone is 1. The number of fused-ring (bicyclic) bond motifs is 1. The van der Waals surface area contributed by atoms with Crippen LogP contribution in [-0.2, 0) is 14.8 Å². The van der Waals surface area contributed by atoms with E-state index < -0.39 is 21.8 Å². The molecule has 2 aliphatic rings. The lowest BCUT2D eigenvalue weighted by Crippen LogP contribution is -2.31. The molecule has 39 heavy (non-hydrogen) atoms. The van der Waals surface area contributed by atoms with E-state index in [0.29, 0.717) is 21.5 Å². The van der Waals surface area contributed by atoms with Gasteiger partial charge in [0, 0.05) is 24.0 Å². The van der Waals surface area contributed by atoms with Crippen LogP contribution < -0.4 is 23.7 Å². The number of sulfonamides is 1.